The molecule has 30 heavy (non-hydrogen) atoms. The van der Waals surface area contributed by atoms with E-state index in [4.69, 9.17) is 4.74 Å². The molecule has 1 heterocycles. The minimum Gasteiger partial charge on any atom is -0.493 e. The van der Waals surface area contributed by atoms with E-state index in [0.717, 1.165) is 24.2 Å². The minimum absolute atomic E-state index is 0.274. The Morgan fingerprint density at radius 2 is 1.90 bits per heavy atom. The van der Waals surface area contributed by atoms with E-state index in [2.05, 4.69) is 39.6 Å². The number of nitrogens with one attached hydrogen (secondary N) is 2. The van der Waals surface area contributed by atoms with Crippen molar-refractivity contribution in [1.29, 1.82) is 0 Å². The molecule has 2 aromatic carbocycles. The third-order valence-corrected chi connectivity index (χ3v) is 5.05. The predicted octanol–water partition coefficient (Wildman–Crippen LogP) is 3.53. The quantitative estimate of drug-likeness (QED) is 0.424. The lowest BCUT2D eigenvalue weighted by molar-refractivity contribution is 0.0846. The van der Waals surface area contributed by atoms with Crippen LogP contribution in [0.2, 0.25) is 0 Å². The summed E-state index contributed by atoms with van der Waals surface area (Å²) in [4.78, 5) is 18.9. The molecule has 0 spiro atoms. The van der Waals surface area contributed by atoms with Crippen LogP contribution < -0.4 is 10.1 Å². The number of amides is 1. The molecule has 0 aliphatic rings. The van der Waals surface area contributed by atoms with Gasteiger partial charge in [0.05, 0.1) is 31.3 Å². The number of imidazole rings is 1. The van der Waals surface area contributed by atoms with Gasteiger partial charge in [0.2, 0.25) is 0 Å². The molecule has 0 bridgehead atoms. The molecule has 6 nitrogen and oxygen atoms in total. The summed E-state index contributed by atoms with van der Waals surface area (Å²) in [6.45, 7) is 2.33. The molecule has 0 saturated carbocycles. The fourth-order valence-corrected chi connectivity index (χ4v) is 3.33. The Kier molecular flexibility index (Phi) is 8.03. The van der Waals surface area contributed by atoms with Gasteiger partial charge in [-0.2, -0.15) is 0 Å². The first-order valence-electron chi connectivity index (χ1n) is 10.4. The minimum atomic E-state index is -0.671. The number of benzene rings is 2. The summed E-state index contributed by atoms with van der Waals surface area (Å²) in [7, 11) is 0. The number of aliphatic hydroxyl groups excluding tert-OH is 1. The van der Waals surface area contributed by atoms with Crippen molar-refractivity contribution in [2.45, 2.75) is 44.8 Å². The van der Waals surface area contributed by atoms with E-state index < -0.39 is 6.10 Å². The number of hydrogen-bond donors (Lipinski definition) is 3. The number of carbonyl (C=O) groups is 1. The predicted molar refractivity (Wildman–Crippen MR) is 117 cm³/mol. The van der Waals surface area contributed by atoms with Crippen LogP contribution in [-0.2, 0) is 12.8 Å². The van der Waals surface area contributed by atoms with Crippen LogP contribution in [0.25, 0.3) is 0 Å². The number of para-hydroxylation sites is 1. The number of ether oxygens (including phenoxy) is 1. The average Bonchev–Trinajstić information content (AvgIpc) is 3.30. The Morgan fingerprint density at radius 1 is 1.13 bits per heavy atom. The third kappa shape index (κ3) is 6.46. The second-order valence-electron chi connectivity index (χ2n) is 7.37. The number of nitrogens with zero attached hydrogens (tertiary/aromatic N) is 1. The van der Waals surface area contributed by atoms with Crippen LogP contribution in [0, 0.1) is 0 Å². The zero-order chi connectivity index (χ0) is 21.2. The lowest BCUT2D eigenvalue weighted by Crippen LogP contribution is -2.42. The highest BCUT2D eigenvalue weighted by Crippen LogP contribution is 2.21. The maximum atomic E-state index is 12.3. The van der Waals surface area contributed by atoms with Gasteiger partial charge in [-0.3, -0.25) is 4.79 Å². The van der Waals surface area contributed by atoms with Crippen LogP contribution >= 0.6 is 0 Å². The average molecular weight is 408 g/mol. The zero-order valence-corrected chi connectivity index (χ0v) is 17.3. The van der Waals surface area contributed by atoms with Crippen molar-refractivity contribution < 1.29 is 14.6 Å². The molecular formula is C24H29N3O3. The van der Waals surface area contributed by atoms with E-state index in [0.29, 0.717) is 25.1 Å². The molecule has 0 unspecified atom stereocenters. The largest absolute Gasteiger partial charge is 0.493 e. The summed E-state index contributed by atoms with van der Waals surface area (Å²) in [5.74, 6) is 0.582. The van der Waals surface area contributed by atoms with Gasteiger partial charge in [0.1, 0.15) is 11.4 Å². The number of aromatic amines is 1. The van der Waals surface area contributed by atoms with E-state index in [1.807, 2.05) is 30.3 Å². The maximum absolute atomic E-state index is 12.3. The van der Waals surface area contributed by atoms with Gasteiger partial charge in [-0.1, -0.05) is 48.5 Å². The van der Waals surface area contributed by atoms with Crippen LogP contribution in [-0.4, -0.2) is 39.7 Å². The number of rotatable bonds is 11. The normalized spacial score (nSPS) is 12.9. The van der Waals surface area contributed by atoms with Gasteiger partial charge in [-0.15, -0.1) is 0 Å². The highest BCUT2D eigenvalue weighted by molar-refractivity contribution is 5.92. The zero-order valence-electron chi connectivity index (χ0n) is 17.3. The van der Waals surface area contributed by atoms with Crippen molar-refractivity contribution in [3.05, 3.63) is 83.9 Å². The standard InChI is InChI=1S/C24H29N3O3/c1-18(28)21(27-24(29)22-16-25-17-26-22)14-13-20-11-5-6-12-23(20)30-15-7-10-19-8-3-2-4-9-19/h2-6,8-9,11-12,16-18,21,28H,7,10,13-15H2,1H3,(H,25,26)(H,27,29)/t18-,21+/m0/s1. The Balaban J connectivity index is 1.51. The molecule has 158 valence electrons. The monoisotopic (exact) mass is 407 g/mol. The summed E-state index contributed by atoms with van der Waals surface area (Å²) in [5, 5.41) is 13.0. The molecule has 1 aromatic heterocycles. The van der Waals surface area contributed by atoms with E-state index in [9.17, 15) is 9.90 Å². The van der Waals surface area contributed by atoms with Gasteiger partial charge >= 0.3 is 0 Å². The Bertz CT molecular complexity index is 895. The molecule has 0 fully saturated rings. The first-order chi connectivity index (χ1) is 14.6. The number of H-pyrrole nitrogens is 1. The summed E-state index contributed by atoms with van der Waals surface area (Å²) in [6, 6.07) is 17.9. The molecule has 2 atom stereocenters. The highest BCUT2D eigenvalue weighted by atomic mass is 16.5. The topological polar surface area (TPSA) is 87.2 Å². The molecular weight excluding hydrogens is 378 g/mol. The second-order valence-corrected chi connectivity index (χ2v) is 7.37. The molecule has 0 saturated heterocycles. The highest BCUT2D eigenvalue weighted by Gasteiger charge is 2.19. The van der Waals surface area contributed by atoms with Gasteiger partial charge in [0.15, 0.2) is 0 Å². The first-order valence-corrected chi connectivity index (χ1v) is 10.4. The number of aromatic nitrogens is 2. The number of hydrogen-bond acceptors (Lipinski definition) is 4. The van der Waals surface area contributed by atoms with E-state index in [-0.39, 0.29) is 11.9 Å². The second kappa shape index (κ2) is 11.2. The lowest BCUT2D eigenvalue weighted by atomic mass is 10.0. The van der Waals surface area contributed by atoms with E-state index in [1.54, 1.807) is 6.92 Å². The molecule has 6 heteroatoms. The summed E-state index contributed by atoms with van der Waals surface area (Å²) >= 11 is 0. The third-order valence-electron chi connectivity index (χ3n) is 5.05. The number of aliphatic hydroxyl groups is 1. The first kappa shape index (κ1) is 21.6. The molecule has 0 aliphatic carbocycles. The van der Waals surface area contributed by atoms with Crippen molar-refractivity contribution in [3.8, 4) is 5.75 Å². The molecule has 3 aromatic rings. The van der Waals surface area contributed by atoms with Crippen LogP contribution in [0.3, 0.4) is 0 Å². The molecule has 0 radical (unpaired) electrons. The molecule has 3 N–H and O–H groups in total. The summed E-state index contributed by atoms with van der Waals surface area (Å²) < 4.78 is 6.03. The Morgan fingerprint density at radius 3 is 2.63 bits per heavy atom. The molecule has 1 amide bonds. The van der Waals surface area contributed by atoms with Gasteiger partial charge in [-0.05, 0) is 49.8 Å². The van der Waals surface area contributed by atoms with Crippen LogP contribution in [0.4, 0.5) is 0 Å². The van der Waals surface area contributed by atoms with Crippen molar-refractivity contribution in [2.75, 3.05) is 6.61 Å². The van der Waals surface area contributed by atoms with Gasteiger partial charge in [0, 0.05) is 0 Å². The number of aryl methyl sites for hydroxylation is 2. The molecule has 0 aliphatic heterocycles. The fraction of sp³-hybridized carbons (Fsp3) is 0.333. The van der Waals surface area contributed by atoms with Crippen molar-refractivity contribution >= 4 is 5.91 Å². The van der Waals surface area contributed by atoms with E-state index in [1.165, 1.54) is 18.1 Å². The van der Waals surface area contributed by atoms with Crippen LogP contribution in [0.15, 0.2) is 67.1 Å². The van der Waals surface area contributed by atoms with E-state index >= 15 is 0 Å². The Labute approximate surface area is 177 Å². The summed E-state index contributed by atoms with van der Waals surface area (Å²) in [6.07, 6.45) is 5.46. The van der Waals surface area contributed by atoms with Gasteiger partial charge < -0.3 is 20.1 Å². The van der Waals surface area contributed by atoms with Crippen LogP contribution in [0.5, 0.6) is 5.75 Å². The lowest BCUT2D eigenvalue weighted by Gasteiger charge is -2.22. The van der Waals surface area contributed by atoms with Gasteiger partial charge in [-0.25, -0.2) is 4.98 Å². The summed E-state index contributed by atoms with van der Waals surface area (Å²) in [5.41, 5.74) is 2.75. The van der Waals surface area contributed by atoms with Gasteiger partial charge in [0.25, 0.3) is 5.91 Å². The van der Waals surface area contributed by atoms with Crippen molar-refractivity contribution in [3.63, 3.8) is 0 Å². The fourth-order valence-electron chi connectivity index (χ4n) is 3.33. The number of carbonyl (C=O) groups excluding carboxylic acids is 1. The SMILES string of the molecule is C[C@H](O)[C@@H](CCc1ccccc1OCCCc1ccccc1)NC(=O)c1cnc[nH]1. The Hall–Kier alpha value is -3.12. The maximum Gasteiger partial charge on any atom is 0.269 e. The smallest absolute Gasteiger partial charge is 0.269 e. The molecule has 3 rings (SSSR count). The van der Waals surface area contributed by atoms with Crippen molar-refractivity contribution in [1.82, 2.24) is 15.3 Å². The van der Waals surface area contributed by atoms with Crippen LogP contribution in [0.1, 0.15) is 41.4 Å². The van der Waals surface area contributed by atoms with Crippen molar-refractivity contribution in [2.24, 2.45) is 0 Å².